The highest BCUT2D eigenvalue weighted by molar-refractivity contribution is 5.83. The quantitative estimate of drug-likeness (QED) is 0.716. The van der Waals surface area contributed by atoms with Gasteiger partial charge in [-0.15, -0.1) is 0 Å². The van der Waals surface area contributed by atoms with Crippen molar-refractivity contribution in [3.63, 3.8) is 0 Å². The molecule has 1 aliphatic rings. The van der Waals surface area contributed by atoms with Crippen LogP contribution >= 0.6 is 0 Å². The first-order valence-corrected chi connectivity index (χ1v) is 5.85. The Kier molecular flexibility index (Phi) is 4.94. The van der Waals surface area contributed by atoms with Crippen LogP contribution in [0.1, 0.15) is 12.8 Å². The molecule has 0 aromatic rings. The van der Waals surface area contributed by atoms with Gasteiger partial charge in [0.15, 0.2) is 0 Å². The van der Waals surface area contributed by atoms with Crippen LogP contribution in [0.4, 0.5) is 4.79 Å². The summed E-state index contributed by atoms with van der Waals surface area (Å²) in [6, 6.07) is -0.307. The van der Waals surface area contributed by atoms with Crippen LogP contribution in [0.25, 0.3) is 0 Å². The SMILES string of the molecule is CN(C)C(=O)CNC(=O)N1CCC(CC(=O)O)C1. The Balaban J connectivity index is 2.32. The molecule has 1 aliphatic heterocycles. The van der Waals surface area contributed by atoms with Gasteiger partial charge in [-0.1, -0.05) is 0 Å². The van der Waals surface area contributed by atoms with Crippen LogP contribution < -0.4 is 5.32 Å². The number of carboxylic acids is 1. The molecule has 0 bridgehead atoms. The minimum atomic E-state index is -0.843. The smallest absolute Gasteiger partial charge is 0.317 e. The molecule has 1 heterocycles. The van der Waals surface area contributed by atoms with Gasteiger partial charge in [-0.2, -0.15) is 0 Å². The average molecular weight is 257 g/mol. The second kappa shape index (κ2) is 6.23. The van der Waals surface area contributed by atoms with Crippen LogP contribution in [0.5, 0.6) is 0 Å². The van der Waals surface area contributed by atoms with Crippen molar-refractivity contribution >= 4 is 17.9 Å². The molecule has 0 spiro atoms. The summed E-state index contributed by atoms with van der Waals surface area (Å²) < 4.78 is 0. The minimum Gasteiger partial charge on any atom is -0.481 e. The van der Waals surface area contributed by atoms with Gasteiger partial charge in [0.2, 0.25) is 5.91 Å². The summed E-state index contributed by atoms with van der Waals surface area (Å²) in [6.07, 6.45) is 0.780. The zero-order chi connectivity index (χ0) is 13.7. The van der Waals surface area contributed by atoms with E-state index in [9.17, 15) is 14.4 Å². The molecule has 7 nitrogen and oxygen atoms in total. The number of likely N-dealkylation sites (tertiary alicyclic amines) is 1. The van der Waals surface area contributed by atoms with Crippen LogP contribution in [0.15, 0.2) is 0 Å². The van der Waals surface area contributed by atoms with E-state index in [2.05, 4.69) is 5.32 Å². The number of carbonyl (C=O) groups excluding carboxylic acids is 2. The number of hydrogen-bond acceptors (Lipinski definition) is 3. The number of urea groups is 1. The maximum absolute atomic E-state index is 11.7. The van der Waals surface area contributed by atoms with Gasteiger partial charge in [-0.25, -0.2) is 4.79 Å². The molecule has 1 fully saturated rings. The minimum absolute atomic E-state index is 0.0119. The van der Waals surface area contributed by atoms with Gasteiger partial charge in [0.1, 0.15) is 0 Å². The van der Waals surface area contributed by atoms with Crippen LogP contribution in [-0.2, 0) is 9.59 Å². The lowest BCUT2D eigenvalue weighted by Crippen LogP contribution is -2.43. The molecule has 0 radical (unpaired) electrons. The lowest BCUT2D eigenvalue weighted by molar-refractivity contribution is -0.138. The van der Waals surface area contributed by atoms with E-state index in [1.54, 1.807) is 19.0 Å². The van der Waals surface area contributed by atoms with Gasteiger partial charge >= 0.3 is 12.0 Å². The maximum atomic E-state index is 11.7. The Hall–Kier alpha value is -1.79. The van der Waals surface area contributed by atoms with E-state index in [4.69, 9.17) is 5.11 Å². The molecular weight excluding hydrogens is 238 g/mol. The lowest BCUT2D eigenvalue weighted by Gasteiger charge is -2.18. The van der Waals surface area contributed by atoms with Crippen molar-refractivity contribution in [2.45, 2.75) is 12.8 Å². The van der Waals surface area contributed by atoms with Crippen LogP contribution in [0.3, 0.4) is 0 Å². The first-order chi connectivity index (χ1) is 8.40. The Labute approximate surface area is 106 Å². The average Bonchev–Trinajstić information content (AvgIpc) is 2.72. The van der Waals surface area contributed by atoms with Crippen LogP contribution in [0, 0.1) is 5.92 Å². The van der Waals surface area contributed by atoms with E-state index in [1.807, 2.05) is 0 Å². The summed E-state index contributed by atoms with van der Waals surface area (Å²) >= 11 is 0. The second-order valence-corrected chi connectivity index (χ2v) is 4.65. The molecule has 102 valence electrons. The number of rotatable bonds is 4. The van der Waals surface area contributed by atoms with E-state index in [1.165, 1.54) is 4.90 Å². The summed E-state index contributed by atoms with van der Waals surface area (Å²) in [7, 11) is 3.24. The van der Waals surface area contributed by atoms with Crippen molar-refractivity contribution in [2.24, 2.45) is 5.92 Å². The molecule has 1 atom stereocenters. The number of carbonyl (C=O) groups is 3. The third-order valence-electron chi connectivity index (χ3n) is 2.93. The predicted molar refractivity (Wildman–Crippen MR) is 64.0 cm³/mol. The number of likely N-dealkylation sites (N-methyl/N-ethyl adjacent to an activating group) is 1. The molecule has 18 heavy (non-hydrogen) atoms. The Morgan fingerprint density at radius 3 is 2.61 bits per heavy atom. The van der Waals surface area contributed by atoms with E-state index < -0.39 is 5.97 Å². The molecule has 0 saturated carbocycles. The van der Waals surface area contributed by atoms with Crippen molar-refractivity contribution in [1.82, 2.24) is 15.1 Å². The molecule has 1 saturated heterocycles. The topological polar surface area (TPSA) is 90.0 Å². The summed E-state index contributed by atoms with van der Waals surface area (Å²) in [4.78, 5) is 36.5. The maximum Gasteiger partial charge on any atom is 0.317 e. The molecule has 0 aliphatic carbocycles. The van der Waals surface area contributed by atoms with E-state index in [-0.39, 0.29) is 30.8 Å². The first kappa shape index (κ1) is 14.3. The third-order valence-corrected chi connectivity index (χ3v) is 2.93. The number of nitrogens with one attached hydrogen (secondary N) is 1. The molecule has 0 aromatic heterocycles. The predicted octanol–water partition coefficient (Wildman–Crippen LogP) is -0.419. The highest BCUT2D eigenvalue weighted by atomic mass is 16.4. The molecule has 0 aromatic carbocycles. The number of nitrogens with zero attached hydrogens (tertiary/aromatic N) is 2. The highest BCUT2D eigenvalue weighted by Gasteiger charge is 2.27. The number of amides is 3. The van der Waals surface area contributed by atoms with Gasteiger partial charge in [0.05, 0.1) is 6.54 Å². The molecule has 1 rings (SSSR count). The number of hydrogen-bond donors (Lipinski definition) is 2. The van der Waals surface area contributed by atoms with E-state index in [0.717, 1.165) is 0 Å². The number of carboxylic acid groups (broad SMARTS) is 1. The highest BCUT2D eigenvalue weighted by Crippen LogP contribution is 2.19. The van der Waals surface area contributed by atoms with Crippen molar-refractivity contribution in [1.29, 1.82) is 0 Å². The van der Waals surface area contributed by atoms with Crippen molar-refractivity contribution in [3.8, 4) is 0 Å². The van der Waals surface area contributed by atoms with Crippen molar-refractivity contribution in [3.05, 3.63) is 0 Å². The fourth-order valence-electron chi connectivity index (χ4n) is 1.85. The van der Waals surface area contributed by atoms with Gasteiger partial charge in [-0.3, -0.25) is 9.59 Å². The molecule has 1 unspecified atom stereocenters. The van der Waals surface area contributed by atoms with Gasteiger partial charge in [-0.05, 0) is 12.3 Å². The lowest BCUT2D eigenvalue weighted by atomic mass is 10.1. The summed E-state index contributed by atoms with van der Waals surface area (Å²) in [5.41, 5.74) is 0. The van der Waals surface area contributed by atoms with Crippen LogP contribution in [0.2, 0.25) is 0 Å². The third kappa shape index (κ3) is 4.23. The summed E-state index contributed by atoms with van der Waals surface area (Å²) in [5, 5.41) is 11.2. The Morgan fingerprint density at radius 2 is 2.06 bits per heavy atom. The second-order valence-electron chi connectivity index (χ2n) is 4.65. The fraction of sp³-hybridized carbons (Fsp3) is 0.727. The summed E-state index contributed by atoms with van der Waals surface area (Å²) in [6.45, 7) is 0.945. The monoisotopic (exact) mass is 257 g/mol. The van der Waals surface area contributed by atoms with Gasteiger partial charge < -0.3 is 20.2 Å². The fourth-order valence-corrected chi connectivity index (χ4v) is 1.85. The van der Waals surface area contributed by atoms with Crippen LogP contribution in [-0.4, -0.2) is 66.5 Å². The van der Waals surface area contributed by atoms with E-state index in [0.29, 0.717) is 19.5 Å². The summed E-state index contributed by atoms with van der Waals surface area (Å²) in [5.74, 6) is -1.01. The van der Waals surface area contributed by atoms with Crippen molar-refractivity contribution < 1.29 is 19.5 Å². The largest absolute Gasteiger partial charge is 0.481 e. The molecule has 7 heteroatoms. The molecular formula is C11H19N3O4. The Morgan fingerprint density at radius 1 is 1.39 bits per heavy atom. The molecule has 3 amide bonds. The van der Waals surface area contributed by atoms with E-state index >= 15 is 0 Å². The number of aliphatic carboxylic acids is 1. The standard InChI is InChI=1S/C11H19N3O4/c1-13(2)9(15)6-12-11(18)14-4-3-8(7-14)5-10(16)17/h8H,3-7H2,1-2H3,(H,12,18)(H,16,17). The molecule has 2 N–H and O–H groups in total. The van der Waals surface area contributed by atoms with Gasteiger partial charge in [0, 0.05) is 33.6 Å². The van der Waals surface area contributed by atoms with Gasteiger partial charge in [0.25, 0.3) is 0 Å². The zero-order valence-electron chi connectivity index (χ0n) is 10.7. The normalized spacial score (nSPS) is 18.6. The Bertz CT molecular complexity index is 343. The van der Waals surface area contributed by atoms with Crippen molar-refractivity contribution in [2.75, 3.05) is 33.7 Å². The zero-order valence-corrected chi connectivity index (χ0v) is 10.7. The first-order valence-electron chi connectivity index (χ1n) is 5.85.